The molecular weight excluding hydrogens is 434 g/mol. The van der Waals surface area contributed by atoms with E-state index in [0.29, 0.717) is 23.6 Å². The molecule has 0 aliphatic carbocycles. The molecule has 180 valence electrons. The van der Waals surface area contributed by atoms with Gasteiger partial charge in [0.2, 0.25) is 5.91 Å². The molecule has 1 aliphatic rings. The Morgan fingerprint density at radius 1 is 1.12 bits per heavy atom. The Bertz CT molecular complexity index is 1140. The molecule has 3 unspecified atom stereocenters. The van der Waals surface area contributed by atoms with Crippen LogP contribution >= 0.6 is 0 Å². The summed E-state index contributed by atoms with van der Waals surface area (Å²) in [4.78, 5) is 38.2. The van der Waals surface area contributed by atoms with Crippen molar-refractivity contribution in [3.8, 4) is 0 Å². The number of rotatable bonds is 8. The molecule has 8 nitrogen and oxygen atoms in total. The van der Waals surface area contributed by atoms with Crippen LogP contribution in [0.15, 0.2) is 54.1 Å². The topological polar surface area (TPSA) is 147 Å². The van der Waals surface area contributed by atoms with Gasteiger partial charge in [-0.3, -0.25) is 9.69 Å². The Morgan fingerprint density at radius 2 is 1.76 bits per heavy atom. The van der Waals surface area contributed by atoms with Crippen LogP contribution in [0.25, 0.3) is 0 Å². The van der Waals surface area contributed by atoms with Gasteiger partial charge >= 0.3 is 11.9 Å². The summed E-state index contributed by atoms with van der Waals surface area (Å²) in [6, 6.07) is 12.2. The Kier molecular flexibility index (Phi) is 7.24. The molecule has 1 heterocycles. The van der Waals surface area contributed by atoms with E-state index in [9.17, 15) is 24.6 Å². The number of primary amides is 1. The molecule has 3 rings (SSSR count). The first-order valence-corrected chi connectivity index (χ1v) is 11.2. The second-order valence-corrected chi connectivity index (χ2v) is 8.80. The van der Waals surface area contributed by atoms with Gasteiger partial charge in [-0.25, -0.2) is 9.59 Å². The fourth-order valence-electron chi connectivity index (χ4n) is 4.98. The van der Waals surface area contributed by atoms with Crippen molar-refractivity contribution in [2.75, 3.05) is 7.05 Å². The smallest absolute Gasteiger partial charge is 0.335 e. The molecule has 0 saturated carbocycles. The number of likely N-dealkylation sites (N-methyl/N-ethyl adjacent to an activating group) is 1. The lowest BCUT2D eigenvalue weighted by molar-refractivity contribution is -0.138. The highest BCUT2D eigenvalue weighted by Crippen LogP contribution is 2.48. The van der Waals surface area contributed by atoms with Crippen LogP contribution in [-0.4, -0.2) is 46.0 Å². The van der Waals surface area contributed by atoms with Crippen LogP contribution in [0, 0.1) is 6.92 Å². The zero-order chi connectivity index (χ0) is 25.2. The third-order valence-corrected chi connectivity index (χ3v) is 6.63. The largest absolute Gasteiger partial charge is 0.478 e. The van der Waals surface area contributed by atoms with E-state index in [-0.39, 0.29) is 0 Å². The second kappa shape index (κ2) is 9.79. The highest BCUT2D eigenvalue weighted by atomic mass is 16.4. The van der Waals surface area contributed by atoms with Gasteiger partial charge in [-0.1, -0.05) is 61.4 Å². The highest BCUT2D eigenvalue weighted by molar-refractivity contribution is 5.97. The summed E-state index contributed by atoms with van der Waals surface area (Å²) >= 11 is 0. The van der Waals surface area contributed by atoms with Crippen molar-refractivity contribution in [3.05, 3.63) is 81.9 Å². The van der Waals surface area contributed by atoms with Gasteiger partial charge in [-0.2, -0.15) is 0 Å². The van der Waals surface area contributed by atoms with Gasteiger partial charge in [0.25, 0.3) is 0 Å². The van der Waals surface area contributed by atoms with Gasteiger partial charge in [-0.15, -0.1) is 0 Å². The van der Waals surface area contributed by atoms with E-state index < -0.39 is 41.0 Å². The first kappa shape index (κ1) is 25.1. The van der Waals surface area contributed by atoms with Crippen LogP contribution in [0.1, 0.15) is 53.5 Å². The molecule has 0 bridgehead atoms. The molecule has 0 saturated heterocycles. The Balaban J connectivity index is 2.44. The van der Waals surface area contributed by atoms with Gasteiger partial charge in [-0.05, 0) is 49.1 Å². The number of unbranched alkanes of at least 4 members (excludes halogenated alkanes) is 1. The molecule has 0 radical (unpaired) electrons. The number of aryl methyl sites for hydroxylation is 2. The van der Waals surface area contributed by atoms with Gasteiger partial charge in [0.1, 0.15) is 11.7 Å². The van der Waals surface area contributed by atoms with Gasteiger partial charge in [0.15, 0.2) is 0 Å². The zero-order valence-corrected chi connectivity index (χ0v) is 19.6. The van der Waals surface area contributed by atoms with E-state index in [0.717, 1.165) is 29.5 Å². The van der Waals surface area contributed by atoms with Gasteiger partial charge in [0, 0.05) is 12.0 Å². The SMILES string of the molecule is CCCCc1cccc2c1C(N)(C(=CC(=O)O)C(=O)O)N(C)C(C(N)=O)C2c1ccc(C)cc1. The minimum Gasteiger partial charge on any atom is -0.478 e. The molecule has 2 aromatic carbocycles. The number of carbonyl (C=O) groups is 3. The highest BCUT2D eigenvalue weighted by Gasteiger charge is 2.53. The van der Waals surface area contributed by atoms with Gasteiger partial charge < -0.3 is 21.7 Å². The van der Waals surface area contributed by atoms with E-state index in [2.05, 4.69) is 0 Å². The first-order valence-electron chi connectivity index (χ1n) is 11.2. The number of aliphatic carboxylic acids is 2. The zero-order valence-electron chi connectivity index (χ0n) is 19.6. The lowest BCUT2D eigenvalue weighted by Crippen LogP contribution is -2.65. The summed E-state index contributed by atoms with van der Waals surface area (Å²) in [7, 11) is 1.52. The van der Waals surface area contributed by atoms with Gasteiger partial charge in [0.05, 0.1) is 5.57 Å². The first-order chi connectivity index (χ1) is 16.0. The Labute approximate surface area is 198 Å². The van der Waals surface area contributed by atoms with E-state index in [1.165, 1.54) is 11.9 Å². The van der Waals surface area contributed by atoms with Crippen molar-refractivity contribution in [2.45, 2.75) is 50.7 Å². The lowest BCUT2D eigenvalue weighted by Gasteiger charge is -2.51. The van der Waals surface area contributed by atoms with E-state index in [1.807, 2.05) is 56.3 Å². The van der Waals surface area contributed by atoms with Crippen molar-refractivity contribution in [1.29, 1.82) is 0 Å². The van der Waals surface area contributed by atoms with Crippen LogP contribution in [-0.2, 0) is 26.5 Å². The fraction of sp³-hybridized carbons (Fsp3) is 0.346. The maximum absolute atomic E-state index is 12.8. The maximum Gasteiger partial charge on any atom is 0.335 e. The fourth-order valence-corrected chi connectivity index (χ4v) is 4.98. The quantitative estimate of drug-likeness (QED) is 0.438. The summed E-state index contributed by atoms with van der Waals surface area (Å²) < 4.78 is 0. The second-order valence-electron chi connectivity index (χ2n) is 8.80. The number of hydrogen-bond donors (Lipinski definition) is 4. The maximum atomic E-state index is 12.8. The summed E-state index contributed by atoms with van der Waals surface area (Å²) in [5.74, 6) is -4.13. The normalized spacial score (nSPS) is 22.8. The average Bonchev–Trinajstić information content (AvgIpc) is 2.78. The van der Waals surface area contributed by atoms with Crippen molar-refractivity contribution in [1.82, 2.24) is 4.90 Å². The summed E-state index contributed by atoms with van der Waals surface area (Å²) in [5.41, 5.74) is 14.2. The Hall–Kier alpha value is -3.49. The molecule has 0 aromatic heterocycles. The lowest BCUT2D eigenvalue weighted by atomic mass is 9.70. The van der Waals surface area contributed by atoms with E-state index in [4.69, 9.17) is 11.5 Å². The molecule has 6 N–H and O–H groups in total. The number of hydrogen-bond acceptors (Lipinski definition) is 5. The van der Waals surface area contributed by atoms with E-state index >= 15 is 0 Å². The standard InChI is InChI=1S/C26H31N3O5/c1-4-5-7-17-8-6-9-18-21(16-12-10-15(2)11-13-16)23(24(27)32)29(3)26(28,22(17)18)19(25(33)34)14-20(30)31/h6,8-14,21,23H,4-5,7,28H2,1-3H3,(H2,27,32)(H,30,31)(H,33,34). The summed E-state index contributed by atoms with van der Waals surface area (Å²) in [6.45, 7) is 4.00. The number of carboxylic acids is 2. The van der Waals surface area contributed by atoms with Crippen LogP contribution < -0.4 is 11.5 Å². The number of amides is 1. The number of benzene rings is 2. The number of fused-ring (bicyclic) bond motifs is 1. The summed E-state index contributed by atoms with van der Waals surface area (Å²) in [5, 5.41) is 19.5. The number of carboxylic acid groups (broad SMARTS) is 2. The monoisotopic (exact) mass is 465 g/mol. The van der Waals surface area contributed by atoms with Crippen LogP contribution in [0.4, 0.5) is 0 Å². The van der Waals surface area contributed by atoms with Crippen LogP contribution in [0.2, 0.25) is 0 Å². The van der Waals surface area contributed by atoms with E-state index in [1.54, 1.807) is 0 Å². The summed E-state index contributed by atoms with van der Waals surface area (Å²) in [6.07, 6.45) is 2.95. The van der Waals surface area contributed by atoms with Crippen molar-refractivity contribution in [3.63, 3.8) is 0 Å². The number of carbonyl (C=O) groups excluding carboxylic acids is 1. The molecule has 3 atom stereocenters. The molecule has 1 aliphatic heterocycles. The molecule has 8 heteroatoms. The third kappa shape index (κ3) is 4.34. The predicted octanol–water partition coefficient (Wildman–Crippen LogP) is 2.48. The molecular formula is C26H31N3O5. The van der Waals surface area contributed by atoms with Crippen molar-refractivity contribution >= 4 is 17.8 Å². The van der Waals surface area contributed by atoms with Crippen LogP contribution in [0.3, 0.4) is 0 Å². The molecule has 0 spiro atoms. The van der Waals surface area contributed by atoms with Crippen LogP contribution in [0.5, 0.6) is 0 Å². The number of nitrogens with two attached hydrogens (primary N) is 2. The third-order valence-electron chi connectivity index (χ3n) is 6.63. The predicted molar refractivity (Wildman–Crippen MR) is 128 cm³/mol. The Morgan fingerprint density at radius 3 is 2.29 bits per heavy atom. The minimum absolute atomic E-state index is 0.504. The molecule has 0 fully saturated rings. The molecule has 34 heavy (non-hydrogen) atoms. The van der Waals surface area contributed by atoms with Crippen molar-refractivity contribution < 1.29 is 24.6 Å². The molecule has 1 amide bonds. The minimum atomic E-state index is -1.90. The number of nitrogens with zero attached hydrogens (tertiary/aromatic N) is 1. The van der Waals surface area contributed by atoms with Crippen molar-refractivity contribution in [2.24, 2.45) is 11.5 Å². The average molecular weight is 466 g/mol. The molecule has 2 aromatic rings.